The topological polar surface area (TPSA) is 24.9 Å². The van der Waals surface area contributed by atoms with Gasteiger partial charge < -0.3 is 5.32 Å². The van der Waals surface area contributed by atoms with Crippen LogP contribution in [0, 0.1) is 11.8 Å². The third-order valence-electron chi connectivity index (χ3n) is 3.83. The van der Waals surface area contributed by atoms with Crippen molar-refractivity contribution in [1.29, 1.82) is 0 Å². The van der Waals surface area contributed by atoms with Crippen molar-refractivity contribution >= 4 is 0 Å². The van der Waals surface area contributed by atoms with E-state index in [0.29, 0.717) is 6.04 Å². The van der Waals surface area contributed by atoms with Gasteiger partial charge in [0.2, 0.25) is 0 Å². The minimum Gasteiger partial charge on any atom is -0.316 e. The van der Waals surface area contributed by atoms with Crippen LogP contribution in [0.5, 0.6) is 0 Å². The molecule has 0 aromatic carbocycles. The molecule has 16 heavy (non-hydrogen) atoms. The molecule has 3 unspecified atom stereocenters. The first-order valence-electron chi connectivity index (χ1n) is 6.36. The van der Waals surface area contributed by atoms with Gasteiger partial charge in [-0.3, -0.25) is 4.98 Å². The van der Waals surface area contributed by atoms with Gasteiger partial charge in [0.25, 0.3) is 0 Å². The first kappa shape index (κ1) is 11.6. The van der Waals surface area contributed by atoms with Gasteiger partial charge in [-0.05, 0) is 43.9 Å². The SMILES string of the molecule is CNC(Cc1ccccn1)C1CCC(C)C1. The molecule has 2 nitrogen and oxygen atoms in total. The normalized spacial score (nSPS) is 26.9. The van der Waals surface area contributed by atoms with Crippen molar-refractivity contribution in [3.05, 3.63) is 30.1 Å². The van der Waals surface area contributed by atoms with E-state index in [2.05, 4.69) is 36.4 Å². The van der Waals surface area contributed by atoms with Crippen molar-refractivity contribution in [1.82, 2.24) is 10.3 Å². The number of hydrogen-bond donors (Lipinski definition) is 1. The summed E-state index contributed by atoms with van der Waals surface area (Å²) < 4.78 is 0. The van der Waals surface area contributed by atoms with Crippen LogP contribution in [0.1, 0.15) is 31.9 Å². The Morgan fingerprint density at radius 2 is 2.31 bits per heavy atom. The van der Waals surface area contributed by atoms with E-state index in [4.69, 9.17) is 0 Å². The van der Waals surface area contributed by atoms with Crippen LogP contribution in [-0.4, -0.2) is 18.1 Å². The number of pyridine rings is 1. The van der Waals surface area contributed by atoms with E-state index in [1.165, 1.54) is 25.0 Å². The Hall–Kier alpha value is -0.890. The second-order valence-electron chi connectivity index (χ2n) is 5.10. The van der Waals surface area contributed by atoms with Crippen LogP contribution in [0.25, 0.3) is 0 Å². The summed E-state index contributed by atoms with van der Waals surface area (Å²) in [5, 5.41) is 3.47. The summed E-state index contributed by atoms with van der Waals surface area (Å²) in [6.45, 7) is 2.37. The molecule has 1 aromatic rings. The van der Waals surface area contributed by atoms with E-state index in [-0.39, 0.29) is 0 Å². The number of nitrogens with one attached hydrogen (secondary N) is 1. The molecule has 0 bridgehead atoms. The summed E-state index contributed by atoms with van der Waals surface area (Å²) >= 11 is 0. The molecule has 1 heterocycles. The maximum absolute atomic E-state index is 4.42. The summed E-state index contributed by atoms with van der Waals surface area (Å²) in [5.74, 6) is 1.74. The zero-order chi connectivity index (χ0) is 11.4. The number of hydrogen-bond acceptors (Lipinski definition) is 2. The lowest BCUT2D eigenvalue weighted by atomic mass is 9.93. The highest BCUT2D eigenvalue weighted by molar-refractivity contribution is 5.06. The van der Waals surface area contributed by atoms with Crippen molar-refractivity contribution < 1.29 is 0 Å². The summed E-state index contributed by atoms with van der Waals surface area (Å²) in [5.41, 5.74) is 1.21. The molecule has 0 radical (unpaired) electrons. The molecule has 2 rings (SSSR count). The maximum atomic E-state index is 4.42. The van der Waals surface area contributed by atoms with Crippen molar-refractivity contribution in [2.75, 3.05) is 7.05 Å². The second kappa shape index (κ2) is 5.44. The molecule has 3 atom stereocenters. The van der Waals surface area contributed by atoms with E-state index in [9.17, 15) is 0 Å². The molecule has 1 aliphatic carbocycles. The average molecular weight is 218 g/mol. The molecule has 1 saturated carbocycles. The highest BCUT2D eigenvalue weighted by atomic mass is 14.9. The lowest BCUT2D eigenvalue weighted by Gasteiger charge is -2.22. The maximum Gasteiger partial charge on any atom is 0.0419 e. The monoisotopic (exact) mass is 218 g/mol. The molecule has 0 saturated heterocycles. The van der Waals surface area contributed by atoms with Gasteiger partial charge in [-0.1, -0.05) is 19.4 Å². The van der Waals surface area contributed by atoms with Gasteiger partial charge in [0, 0.05) is 24.4 Å². The van der Waals surface area contributed by atoms with Crippen LogP contribution >= 0.6 is 0 Å². The third-order valence-corrected chi connectivity index (χ3v) is 3.83. The number of likely N-dealkylation sites (N-methyl/N-ethyl adjacent to an activating group) is 1. The van der Waals surface area contributed by atoms with E-state index >= 15 is 0 Å². The van der Waals surface area contributed by atoms with Crippen LogP contribution < -0.4 is 5.32 Å². The van der Waals surface area contributed by atoms with E-state index < -0.39 is 0 Å². The molecule has 88 valence electrons. The Labute approximate surface area is 98.5 Å². The van der Waals surface area contributed by atoms with Gasteiger partial charge in [-0.2, -0.15) is 0 Å². The molecule has 0 aliphatic heterocycles. The number of nitrogens with zero attached hydrogens (tertiary/aromatic N) is 1. The van der Waals surface area contributed by atoms with Crippen LogP contribution in [0.2, 0.25) is 0 Å². The van der Waals surface area contributed by atoms with E-state index in [1.54, 1.807) is 0 Å². The van der Waals surface area contributed by atoms with E-state index in [0.717, 1.165) is 18.3 Å². The van der Waals surface area contributed by atoms with Crippen molar-refractivity contribution in [3.8, 4) is 0 Å². The summed E-state index contributed by atoms with van der Waals surface area (Å²) in [4.78, 5) is 4.42. The smallest absolute Gasteiger partial charge is 0.0419 e. The van der Waals surface area contributed by atoms with Gasteiger partial charge in [-0.15, -0.1) is 0 Å². The Kier molecular flexibility index (Phi) is 3.94. The molecule has 2 heteroatoms. The Morgan fingerprint density at radius 1 is 1.44 bits per heavy atom. The highest BCUT2D eigenvalue weighted by Crippen LogP contribution is 2.33. The fourth-order valence-corrected chi connectivity index (χ4v) is 2.87. The Morgan fingerprint density at radius 3 is 2.88 bits per heavy atom. The van der Waals surface area contributed by atoms with E-state index in [1.807, 2.05) is 12.3 Å². The highest BCUT2D eigenvalue weighted by Gasteiger charge is 2.27. The predicted octanol–water partition coefficient (Wildman–Crippen LogP) is 2.65. The average Bonchev–Trinajstić information content (AvgIpc) is 2.74. The predicted molar refractivity (Wildman–Crippen MR) is 67.3 cm³/mol. The first-order valence-corrected chi connectivity index (χ1v) is 6.36. The lowest BCUT2D eigenvalue weighted by Crippen LogP contribution is -2.34. The minimum atomic E-state index is 0.597. The number of rotatable bonds is 4. The fraction of sp³-hybridized carbons (Fsp3) is 0.643. The minimum absolute atomic E-state index is 0.597. The molecule has 1 fully saturated rings. The zero-order valence-corrected chi connectivity index (χ0v) is 10.3. The van der Waals surface area contributed by atoms with Gasteiger partial charge >= 0.3 is 0 Å². The molecule has 1 aliphatic rings. The number of aromatic nitrogens is 1. The van der Waals surface area contributed by atoms with Crippen LogP contribution in [-0.2, 0) is 6.42 Å². The van der Waals surface area contributed by atoms with Gasteiger partial charge in [0.15, 0.2) is 0 Å². The van der Waals surface area contributed by atoms with Crippen molar-refractivity contribution in [2.45, 2.75) is 38.6 Å². The second-order valence-corrected chi connectivity index (χ2v) is 5.10. The summed E-state index contributed by atoms with van der Waals surface area (Å²) in [6, 6.07) is 6.78. The zero-order valence-electron chi connectivity index (χ0n) is 10.3. The lowest BCUT2D eigenvalue weighted by molar-refractivity contribution is 0.365. The Bertz CT molecular complexity index is 310. The molecule has 1 N–H and O–H groups in total. The Balaban J connectivity index is 1.96. The molecular weight excluding hydrogens is 196 g/mol. The van der Waals surface area contributed by atoms with Crippen molar-refractivity contribution in [3.63, 3.8) is 0 Å². The standard InChI is InChI=1S/C14H22N2/c1-11-6-7-12(9-11)14(15-2)10-13-5-3-4-8-16-13/h3-5,8,11-12,14-15H,6-7,9-10H2,1-2H3. The van der Waals surface area contributed by atoms with Gasteiger partial charge in [0.1, 0.15) is 0 Å². The van der Waals surface area contributed by atoms with Crippen LogP contribution in [0.15, 0.2) is 24.4 Å². The fourth-order valence-electron chi connectivity index (χ4n) is 2.87. The quantitative estimate of drug-likeness (QED) is 0.840. The molecule has 1 aromatic heterocycles. The first-order chi connectivity index (χ1) is 7.79. The van der Waals surface area contributed by atoms with Gasteiger partial charge in [-0.25, -0.2) is 0 Å². The molecular formula is C14H22N2. The largest absolute Gasteiger partial charge is 0.316 e. The molecule has 0 spiro atoms. The van der Waals surface area contributed by atoms with Crippen molar-refractivity contribution in [2.24, 2.45) is 11.8 Å². The van der Waals surface area contributed by atoms with Crippen LogP contribution in [0.4, 0.5) is 0 Å². The third kappa shape index (κ3) is 2.82. The summed E-state index contributed by atoms with van der Waals surface area (Å²) in [7, 11) is 2.08. The summed E-state index contributed by atoms with van der Waals surface area (Å²) in [6.07, 6.45) is 7.09. The van der Waals surface area contributed by atoms with Crippen LogP contribution in [0.3, 0.4) is 0 Å². The molecule has 0 amide bonds. The van der Waals surface area contributed by atoms with Gasteiger partial charge in [0.05, 0.1) is 0 Å².